The van der Waals surface area contributed by atoms with E-state index >= 15 is 0 Å². The summed E-state index contributed by atoms with van der Waals surface area (Å²) in [5, 5.41) is 103. The van der Waals surface area contributed by atoms with Crippen LogP contribution in [0.5, 0.6) is 0 Å². The fourth-order valence-corrected chi connectivity index (χ4v) is 4.85. The number of ether oxygens (including phenoxy) is 7. The molecule has 17 nitrogen and oxygen atoms in total. The average Bonchev–Trinajstić information content (AvgIpc) is 2.90. The van der Waals surface area contributed by atoms with Gasteiger partial charge in [-0.1, -0.05) is 0 Å². The molecule has 0 aromatic rings. The summed E-state index contributed by atoms with van der Waals surface area (Å²) in [6.45, 7) is 2.03. The van der Waals surface area contributed by atoms with Crippen LogP contribution in [0.1, 0.15) is 13.8 Å². The molecule has 18 atom stereocenters. The molecule has 0 aromatic heterocycles. The zero-order chi connectivity index (χ0) is 28.8. The maximum Gasteiger partial charge on any atom is 0.187 e. The Morgan fingerprint density at radius 1 is 0.462 bits per heavy atom. The zero-order valence-corrected chi connectivity index (χ0v) is 21.1. The second-order valence-electron chi connectivity index (χ2n) is 10.2. The third-order valence-electron chi connectivity index (χ3n) is 7.34. The van der Waals surface area contributed by atoms with E-state index in [1.54, 1.807) is 0 Å². The van der Waals surface area contributed by atoms with E-state index in [0.717, 1.165) is 0 Å². The van der Waals surface area contributed by atoms with E-state index in [-0.39, 0.29) is 6.61 Å². The summed E-state index contributed by atoms with van der Waals surface area (Å²) in [5.74, 6) is 0. The largest absolute Gasteiger partial charge is 0.388 e. The molecule has 10 N–H and O–H groups in total. The van der Waals surface area contributed by atoms with Gasteiger partial charge >= 0.3 is 0 Å². The van der Waals surface area contributed by atoms with Crippen LogP contribution in [-0.4, -0.2) is 175 Å². The van der Waals surface area contributed by atoms with Crippen LogP contribution in [0.3, 0.4) is 0 Å². The normalized spacial score (nSPS) is 55.4. The van der Waals surface area contributed by atoms with Crippen molar-refractivity contribution < 1.29 is 84.2 Å². The van der Waals surface area contributed by atoms with E-state index in [2.05, 4.69) is 0 Å². The predicted molar refractivity (Wildman–Crippen MR) is 119 cm³/mol. The topological polar surface area (TPSA) is 267 Å². The molecule has 4 rings (SSSR count). The van der Waals surface area contributed by atoms with Crippen LogP contribution in [0.2, 0.25) is 0 Å². The highest BCUT2D eigenvalue weighted by Crippen LogP contribution is 2.32. The molecule has 0 bridgehead atoms. The molecule has 17 heteroatoms. The van der Waals surface area contributed by atoms with Gasteiger partial charge < -0.3 is 84.2 Å². The SMILES string of the molecule is C[C@@H]1O[C@@H](O[C@@H]2[C@@H](O)[C@H](O[C@@H]3[C@@H](O)[C@H](C)O[C@@H](O[C@H]4C(O)OC[C@@H](O)[C@@H]4O)[C@@H]3O)OC[C@H]2O)[C@H](O)[C@H](O)[C@H]1O. The van der Waals surface area contributed by atoms with E-state index in [4.69, 9.17) is 33.2 Å². The summed E-state index contributed by atoms with van der Waals surface area (Å²) in [6.07, 6.45) is -27.2. The van der Waals surface area contributed by atoms with E-state index in [1.165, 1.54) is 13.8 Å². The first kappa shape index (κ1) is 31.3. The number of aliphatic hydroxyl groups excluding tert-OH is 10. The van der Waals surface area contributed by atoms with Gasteiger partial charge in [0.2, 0.25) is 0 Å². The van der Waals surface area contributed by atoms with Crippen molar-refractivity contribution in [2.24, 2.45) is 0 Å². The first-order valence-corrected chi connectivity index (χ1v) is 12.6. The number of hydrogen-bond acceptors (Lipinski definition) is 17. The zero-order valence-electron chi connectivity index (χ0n) is 21.1. The van der Waals surface area contributed by atoms with Crippen molar-refractivity contribution in [3.05, 3.63) is 0 Å². The van der Waals surface area contributed by atoms with Crippen molar-refractivity contribution >= 4 is 0 Å². The van der Waals surface area contributed by atoms with Gasteiger partial charge in [-0.3, -0.25) is 0 Å². The first-order chi connectivity index (χ1) is 18.3. The Hall–Kier alpha value is -0.680. The van der Waals surface area contributed by atoms with Gasteiger partial charge in [0.1, 0.15) is 73.2 Å². The molecule has 0 aromatic carbocycles. The van der Waals surface area contributed by atoms with Crippen molar-refractivity contribution in [1.82, 2.24) is 0 Å². The summed E-state index contributed by atoms with van der Waals surface area (Å²) in [7, 11) is 0. The summed E-state index contributed by atoms with van der Waals surface area (Å²) >= 11 is 0. The van der Waals surface area contributed by atoms with Crippen LogP contribution in [0.25, 0.3) is 0 Å². The predicted octanol–water partition coefficient (Wildman–Crippen LogP) is -6.42. The average molecular weight is 575 g/mol. The molecule has 0 saturated carbocycles. The van der Waals surface area contributed by atoms with Gasteiger partial charge in [-0.15, -0.1) is 0 Å². The van der Waals surface area contributed by atoms with Gasteiger partial charge in [-0.2, -0.15) is 0 Å². The molecule has 39 heavy (non-hydrogen) atoms. The van der Waals surface area contributed by atoms with E-state index in [9.17, 15) is 51.1 Å². The third-order valence-corrected chi connectivity index (χ3v) is 7.34. The Morgan fingerprint density at radius 3 is 1.64 bits per heavy atom. The molecule has 4 saturated heterocycles. The minimum absolute atomic E-state index is 0.357. The molecule has 0 spiro atoms. The number of rotatable bonds is 6. The monoisotopic (exact) mass is 574 g/mol. The van der Waals surface area contributed by atoms with Gasteiger partial charge in [0.05, 0.1) is 25.4 Å². The molecule has 4 heterocycles. The standard InChI is InChI=1S/C22H38O17/c1-5-9(25)12(28)13(29)21(35-5)37-16-8(24)4-34-20(14(16)30)38-17-10(26)6(2)36-22(15(17)31)39-18-11(27)7(23)3-33-19(18)32/h5-32H,3-4H2,1-2H3/t5-,6-,7+,8+,9-,10-,11-,12+,13+,14+,15+,16-,17+,18+,19?,20-,21-,22-/m0/s1. The quantitative estimate of drug-likeness (QED) is 0.141. The Morgan fingerprint density at radius 2 is 0.974 bits per heavy atom. The van der Waals surface area contributed by atoms with Crippen LogP contribution in [0.4, 0.5) is 0 Å². The Bertz CT molecular complexity index is 792. The molecule has 4 aliphatic heterocycles. The third kappa shape index (κ3) is 6.40. The minimum Gasteiger partial charge on any atom is -0.388 e. The van der Waals surface area contributed by atoms with Gasteiger partial charge in [0.25, 0.3) is 0 Å². The Kier molecular flexibility index (Phi) is 10.2. The van der Waals surface area contributed by atoms with Crippen LogP contribution < -0.4 is 0 Å². The second kappa shape index (κ2) is 12.7. The van der Waals surface area contributed by atoms with Gasteiger partial charge in [0, 0.05) is 0 Å². The van der Waals surface area contributed by atoms with Gasteiger partial charge in [-0.25, -0.2) is 0 Å². The fraction of sp³-hybridized carbons (Fsp3) is 1.00. The van der Waals surface area contributed by atoms with E-state index in [1.807, 2.05) is 0 Å². The van der Waals surface area contributed by atoms with E-state index in [0.29, 0.717) is 0 Å². The minimum atomic E-state index is -1.78. The van der Waals surface area contributed by atoms with Crippen molar-refractivity contribution in [2.45, 2.75) is 124 Å². The van der Waals surface area contributed by atoms with Crippen molar-refractivity contribution in [3.63, 3.8) is 0 Å². The molecule has 228 valence electrons. The maximum absolute atomic E-state index is 10.9. The highest BCUT2D eigenvalue weighted by molar-refractivity contribution is 4.94. The highest BCUT2D eigenvalue weighted by Gasteiger charge is 2.52. The summed E-state index contributed by atoms with van der Waals surface area (Å²) in [5.41, 5.74) is 0. The fourth-order valence-electron chi connectivity index (χ4n) is 4.85. The van der Waals surface area contributed by atoms with Crippen molar-refractivity contribution in [2.75, 3.05) is 13.2 Å². The van der Waals surface area contributed by atoms with Crippen LogP contribution >= 0.6 is 0 Å². The van der Waals surface area contributed by atoms with Crippen LogP contribution in [0.15, 0.2) is 0 Å². The summed E-state index contributed by atoms with van der Waals surface area (Å²) in [4.78, 5) is 0. The van der Waals surface area contributed by atoms with Crippen LogP contribution in [-0.2, 0) is 33.2 Å². The van der Waals surface area contributed by atoms with Gasteiger partial charge in [-0.05, 0) is 13.8 Å². The maximum atomic E-state index is 10.9. The number of hydrogen-bond donors (Lipinski definition) is 10. The van der Waals surface area contributed by atoms with E-state index < -0.39 is 117 Å². The Labute approximate surface area is 222 Å². The smallest absolute Gasteiger partial charge is 0.187 e. The van der Waals surface area contributed by atoms with Crippen molar-refractivity contribution in [3.8, 4) is 0 Å². The lowest BCUT2D eigenvalue weighted by Gasteiger charge is -2.47. The van der Waals surface area contributed by atoms with Crippen molar-refractivity contribution in [1.29, 1.82) is 0 Å². The molecule has 0 radical (unpaired) electrons. The molecule has 1 unspecified atom stereocenters. The molecule has 0 amide bonds. The number of aliphatic hydroxyl groups is 10. The summed E-state index contributed by atoms with van der Waals surface area (Å²) in [6, 6.07) is 0. The lowest BCUT2D eigenvalue weighted by atomic mass is 9.98. The first-order valence-electron chi connectivity index (χ1n) is 12.6. The Balaban J connectivity index is 1.43. The summed E-state index contributed by atoms with van der Waals surface area (Å²) < 4.78 is 37.8. The molecule has 0 aliphatic carbocycles. The molecular weight excluding hydrogens is 536 g/mol. The molecule has 4 fully saturated rings. The lowest BCUT2D eigenvalue weighted by Crippen LogP contribution is -2.65. The van der Waals surface area contributed by atoms with Crippen LogP contribution in [0, 0.1) is 0 Å². The second-order valence-corrected chi connectivity index (χ2v) is 10.2. The molecular formula is C22H38O17. The van der Waals surface area contributed by atoms with Gasteiger partial charge in [0.15, 0.2) is 25.2 Å². The molecule has 4 aliphatic rings. The lowest BCUT2D eigenvalue weighted by molar-refractivity contribution is -0.378. The highest BCUT2D eigenvalue weighted by atomic mass is 16.8.